The average Bonchev–Trinajstić information content (AvgIpc) is 2.35. The van der Waals surface area contributed by atoms with Crippen molar-refractivity contribution in [3.63, 3.8) is 0 Å². The molecule has 0 aliphatic rings. The van der Waals surface area contributed by atoms with Gasteiger partial charge in [0.2, 0.25) is 0 Å². The quantitative estimate of drug-likeness (QED) is 0.872. The van der Waals surface area contributed by atoms with E-state index < -0.39 is 0 Å². The lowest BCUT2D eigenvalue weighted by Crippen LogP contribution is -2.18. The topological polar surface area (TPSA) is 12.0 Å². The van der Waals surface area contributed by atoms with Crippen LogP contribution in [0.1, 0.15) is 24.1 Å². The van der Waals surface area contributed by atoms with Crippen LogP contribution in [0, 0.1) is 11.6 Å². The predicted molar refractivity (Wildman–Crippen MR) is 73.1 cm³/mol. The molecule has 2 aromatic carbocycles. The summed E-state index contributed by atoms with van der Waals surface area (Å²) < 4.78 is 26.3. The van der Waals surface area contributed by atoms with Gasteiger partial charge in [-0.05, 0) is 48.4 Å². The molecule has 0 aliphatic heterocycles. The molecule has 4 heteroatoms. The zero-order valence-electron chi connectivity index (χ0n) is 10.5. The van der Waals surface area contributed by atoms with Gasteiger partial charge in [-0.3, -0.25) is 0 Å². The van der Waals surface area contributed by atoms with Gasteiger partial charge < -0.3 is 5.32 Å². The van der Waals surface area contributed by atoms with Crippen molar-refractivity contribution in [1.82, 2.24) is 5.32 Å². The van der Waals surface area contributed by atoms with Crippen molar-refractivity contribution in [3.8, 4) is 0 Å². The molecule has 1 N–H and O–H groups in total. The average molecular weight is 282 g/mol. The first-order valence-electron chi connectivity index (χ1n) is 5.98. The van der Waals surface area contributed by atoms with Crippen molar-refractivity contribution in [1.29, 1.82) is 0 Å². The molecule has 0 fully saturated rings. The highest BCUT2D eigenvalue weighted by atomic mass is 35.5. The van der Waals surface area contributed by atoms with Crippen LogP contribution in [-0.4, -0.2) is 0 Å². The molecule has 2 rings (SSSR count). The van der Waals surface area contributed by atoms with Crippen LogP contribution in [0.3, 0.4) is 0 Å². The highest BCUT2D eigenvalue weighted by molar-refractivity contribution is 6.30. The van der Waals surface area contributed by atoms with E-state index in [4.69, 9.17) is 11.6 Å². The Bertz CT molecular complexity index is 552. The van der Waals surface area contributed by atoms with Crippen molar-refractivity contribution in [3.05, 3.63) is 70.2 Å². The van der Waals surface area contributed by atoms with Gasteiger partial charge in [-0.25, -0.2) is 8.78 Å². The SMILES string of the molecule is CC(NCc1cc(F)cc(Cl)c1)c1cccc(F)c1. The van der Waals surface area contributed by atoms with Crippen molar-refractivity contribution < 1.29 is 8.78 Å². The van der Waals surface area contributed by atoms with E-state index in [1.807, 2.05) is 13.0 Å². The molecular weight excluding hydrogens is 268 g/mol. The zero-order valence-corrected chi connectivity index (χ0v) is 11.2. The minimum atomic E-state index is -0.359. The Morgan fingerprint density at radius 3 is 2.58 bits per heavy atom. The van der Waals surface area contributed by atoms with E-state index in [1.54, 1.807) is 12.1 Å². The third-order valence-electron chi connectivity index (χ3n) is 2.88. The van der Waals surface area contributed by atoms with Gasteiger partial charge in [0.05, 0.1) is 0 Å². The van der Waals surface area contributed by atoms with Crippen LogP contribution >= 0.6 is 11.6 Å². The molecule has 100 valence electrons. The molecule has 19 heavy (non-hydrogen) atoms. The van der Waals surface area contributed by atoms with E-state index in [-0.39, 0.29) is 17.7 Å². The molecule has 2 aromatic rings. The standard InChI is InChI=1S/C15H14ClF2N/c1-10(12-3-2-4-14(17)7-12)19-9-11-5-13(16)8-15(18)6-11/h2-8,10,19H,9H2,1H3. The van der Waals surface area contributed by atoms with Crippen molar-refractivity contribution in [2.24, 2.45) is 0 Å². The molecule has 0 aliphatic carbocycles. The van der Waals surface area contributed by atoms with Crippen LogP contribution in [0.5, 0.6) is 0 Å². The van der Waals surface area contributed by atoms with Crippen LogP contribution in [0.15, 0.2) is 42.5 Å². The number of hydrogen-bond donors (Lipinski definition) is 1. The molecule has 0 saturated heterocycles. The molecule has 0 bridgehead atoms. The van der Waals surface area contributed by atoms with E-state index in [9.17, 15) is 8.78 Å². The fourth-order valence-electron chi connectivity index (χ4n) is 1.88. The van der Waals surface area contributed by atoms with Gasteiger partial charge in [0, 0.05) is 17.6 Å². The fourth-order valence-corrected chi connectivity index (χ4v) is 2.12. The molecule has 0 radical (unpaired) electrons. The normalized spacial score (nSPS) is 12.4. The van der Waals surface area contributed by atoms with Gasteiger partial charge in [0.15, 0.2) is 0 Å². The highest BCUT2D eigenvalue weighted by Gasteiger charge is 2.06. The maximum Gasteiger partial charge on any atom is 0.125 e. The molecule has 0 amide bonds. The number of nitrogens with one attached hydrogen (secondary N) is 1. The lowest BCUT2D eigenvalue weighted by atomic mass is 10.1. The maximum atomic E-state index is 13.2. The van der Waals surface area contributed by atoms with Gasteiger partial charge in [-0.2, -0.15) is 0 Å². The third-order valence-corrected chi connectivity index (χ3v) is 3.10. The first-order chi connectivity index (χ1) is 9.04. The van der Waals surface area contributed by atoms with Crippen molar-refractivity contribution in [2.45, 2.75) is 19.5 Å². The summed E-state index contributed by atoms with van der Waals surface area (Å²) >= 11 is 5.79. The monoisotopic (exact) mass is 281 g/mol. The number of halogens is 3. The Kier molecular flexibility index (Phi) is 4.51. The van der Waals surface area contributed by atoms with Gasteiger partial charge in [-0.15, -0.1) is 0 Å². The van der Waals surface area contributed by atoms with E-state index >= 15 is 0 Å². The summed E-state index contributed by atoms with van der Waals surface area (Å²) in [6.45, 7) is 2.39. The summed E-state index contributed by atoms with van der Waals surface area (Å²) in [5.74, 6) is -0.623. The van der Waals surface area contributed by atoms with Crippen LogP contribution in [0.2, 0.25) is 5.02 Å². The fraction of sp³-hybridized carbons (Fsp3) is 0.200. The van der Waals surface area contributed by atoms with Crippen molar-refractivity contribution in [2.75, 3.05) is 0 Å². The molecule has 1 nitrogen and oxygen atoms in total. The van der Waals surface area contributed by atoms with Gasteiger partial charge >= 0.3 is 0 Å². The van der Waals surface area contributed by atoms with E-state index in [1.165, 1.54) is 24.3 Å². The minimum absolute atomic E-state index is 0.0299. The smallest absolute Gasteiger partial charge is 0.125 e. The Morgan fingerprint density at radius 1 is 1.11 bits per heavy atom. The largest absolute Gasteiger partial charge is 0.306 e. The van der Waals surface area contributed by atoms with Crippen LogP contribution in [0.4, 0.5) is 8.78 Å². The summed E-state index contributed by atoms with van der Waals surface area (Å²) in [4.78, 5) is 0. The predicted octanol–water partition coefficient (Wildman–Crippen LogP) is 4.47. The number of hydrogen-bond acceptors (Lipinski definition) is 1. The molecule has 0 aromatic heterocycles. The third kappa shape index (κ3) is 4.01. The molecule has 0 spiro atoms. The van der Waals surface area contributed by atoms with E-state index in [2.05, 4.69) is 5.32 Å². The summed E-state index contributed by atoms with van der Waals surface area (Å²) in [6.07, 6.45) is 0. The number of benzene rings is 2. The van der Waals surface area contributed by atoms with Gasteiger partial charge in [0.25, 0.3) is 0 Å². The Balaban J connectivity index is 2.02. The molecular formula is C15H14ClF2N. The second-order valence-electron chi connectivity index (χ2n) is 4.44. The van der Waals surface area contributed by atoms with Gasteiger partial charge in [-0.1, -0.05) is 23.7 Å². The molecule has 1 atom stereocenters. The number of rotatable bonds is 4. The van der Waals surface area contributed by atoms with E-state index in [0.29, 0.717) is 11.6 Å². The van der Waals surface area contributed by atoms with Crippen molar-refractivity contribution >= 4 is 11.6 Å². The molecule has 0 saturated carbocycles. The minimum Gasteiger partial charge on any atom is -0.306 e. The van der Waals surface area contributed by atoms with E-state index in [0.717, 1.165) is 11.1 Å². The Hall–Kier alpha value is -1.45. The first kappa shape index (κ1) is 14.0. The summed E-state index contributed by atoms with van der Waals surface area (Å²) in [5.41, 5.74) is 1.61. The second kappa shape index (κ2) is 6.13. The highest BCUT2D eigenvalue weighted by Crippen LogP contribution is 2.17. The zero-order chi connectivity index (χ0) is 13.8. The lowest BCUT2D eigenvalue weighted by Gasteiger charge is -2.14. The Labute approximate surface area is 116 Å². The van der Waals surface area contributed by atoms with Gasteiger partial charge in [0.1, 0.15) is 11.6 Å². The first-order valence-corrected chi connectivity index (χ1v) is 6.36. The lowest BCUT2D eigenvalue weighted by molar-refractivity contribution is 0.561. The summed E-state index contributed by atoms with van der Waals surface area (Å²) in [6, 6.07) is 10.8. The van der Waals surface area contributed by atoms with Crippen LogP contribution in [-0.2, 0) is 6.54 Å². The second-order valence-corrected chi connectivity index (χ2v) is 4.87. The summed E-state index contributed by atoms with van der Waals surface area (Å²) in [5, 5.41) is 3.58. The molecule has 1 unspecified atom stereocenters. The molecule has 0 heterocycles. The Morgan fingerprint density at radius 2 is 1.89 bits per heavy atom. The van der Waals surface area contributed by atoms with Crippen LogP contribution in [0.25, 0.3) is 0 Å². The van der Waals surface area contributed by atoms with Crippen LogP contribution < -0.4 is 5.32 Å². The summed E-state index contributed by atoms with van der Waals surface area (Å²) in [7, 11) is 0. The maximum absolute atomic E-state index is 13.2.